The van der Waals surface area contributed by atoms with E-state index in [1.54, 1.807) is 10.9 Å². The van der Waals surface area contributed by atoms with Crippen LogP contribution in [0.25, 0.3) is 0 Å². The number of pyridine rings is 1. The van der Waals surface area contributed by atoms with Gasteiger partial charge in [-0.3, -0.25) is 14.8 Å². The Morgan fingerprint density at radius 2 is 2.30 bits per heavy atom. The molecule has 0 atom stereocenters. The molecule has 2 rings (SSSR count). The molecule has 0 bridgehead atoms. The minimum absolute atomic E-state index is 0.0324. The average Bonchev–Trinajstić information content (AvgIpc) is 2.81. The van der Waals surface area contributed by atoms with Gasteiger partial charge in [-0.05, 0) is 6.42 Å². The average molecular weight is 293 g/mol. The molecule has 106 valence electrons. The molecule has 0 spiro atoms. The first kappa shape index (κ1) is 14.3. The Bertz CT molecular complexity index is 614. The number of hydrogen-bond donors (Lipinski definition) is 1. The summed E-state index contributed by atoms with van der Waals surface area (Å²) in [5.41, 5.74) is 0.0324. The molecule has 1 N–H and O–H groups in total. The van der Waals surface area contributed by atoms with Crippen molar-refractivity contribution in [2.24, 2.45) is 7.05 Å². The first-order valence-electron chi connectivity index (χ1n) is 6.15. The van der Waals surface area contributed by atoms with E-state index in [1.807, 2.05) is 20.2 Å². The lowest BCUT2D eigenvalue weighted by Crippen LogP contribution is -2.03. The van der Waals surface area contributed by atoms with E-state index in [-0.39, 0.29) is 5.69 Å². The zero-order valence-electron chi connectivity index (χ0n) is 11.2. The zero-order chi connectivity index (χ0) is 14.5. The summed E-state index contributed by atoms with van der Waals surface area (Å²) in [5.74, 6) is 0.521. The Labute approximate surface area is 120 Å². The van der Waals surface area contributed by atoms with Gasteiger partial charge in [0.2, 0.25) is 0 Å². The van der Waals surface area contributed by atoms with Crippen LogP contribution >= 0.6 is 11.8 Å². The van der Waals surface area contributed by atoms with Crippen molar-refractivity contribution in [2.75, 3.05) is 11.9 Å². The molecule has 0 aliphatic carbocycles. The molecular weight excluding hydrogens is 278 g/mol. The smallest absolute Gasteiger partial charge is 0.275 e. The summed E-state index contributed by atoms with van der Waals surface area (Å²) in [7, 11) is 1.82. The van der Waals surface area contributed by atoms with Crippen LogP contribution < -0.4 is 5.32 Å². The standard InChI is InChI=1S/C12H15N5O2S/c1-3-4-13-11-5-9(17(18)19)6-12(15-11)20-10-7-14-16(2)8-10/h5-8H,3-4H2,1-2H3,(H,13,15). The van der Waals surface area contributed by atoms with Crippen LogP contribution in [0.4, 0.5) is 11.5 Å². The molecule has 0 radical (unpaired) electrons. The summed E-state index contributed by atoms with van der Waals surface area (Å²) in [6.45, 7) is 2.75. The van der Waals surface area contributed by atoms with Crippen molar-refractivity contribution < 1.29 is 4.92 Å². The second kappa shape index (κ2) is 6.38. The monoisotopic (exact) mass is 293 g/mol. The third kappa shape index (κ3) is 3.70. The van der Waals surface area contributed by atoms with Crippen molar-refractivity contribution >= 4 is 23.3 Å². The molecule has 0 aliphatic heterocycles. The van der Waals surface area contributed by atoms with Crippen LogP contribution in [0.2, 0.25) is 0 Å². The molecule has 2 aromatic rings. The van der Waals surface area contributed by atoms with E-state index in [0.29, 0.717) is 10.8 Å². The first-order valence-corrected chi connectivity index (χ1v) is 6.97. The van der Waals surface area contributed by atoms with Gasteiger partial charge in [-0.25, -0.2) is 4.98 Å². The van der Waals surface area contributed by atoms with Gasteiger partial charge in [0.1, 0.15) is 10.8 Å². The van der Waals surface area contributed by atoms with Crippen molar-refractivity contribution in [3.05, 3.63) is 34.6 Å². The van der Waals surface area contributed by atoms with Crippen molar-refractivity contribution in [3.63, 3.8) is 0 Å². The van der Waals surface area contributed by atoms with Crippen LogP contribution in [-0.4, -0.2) is 26.2 Å². The van der Waals surface area contributed by atoms with E-state index in [4.69, 9.17) is 0 Å². The molecule has 0 saturated carbocycles. The second-order valence-corrected chi connectivity index (χ2v) is 5.28. The van der Waals surface area contributed by atoms with Gasteiger partial charge in [0.05, 0.1) is 22.1 Å². The highest BCUT2D eigenvalue weighted by Gasteiger charge is 2.12. The van der Waals surface area contributed by atoms with Gasteiger partial charge in [0.25, 0.3) is 5.69 Å². The summed E-state index contributed by atoms with van der Waals surface area (Å²) in [5, 5.41) is 18.7. The number of anilines is 1. The highest BCUT2D eigenvalue weighted by Crippen LogP contribution is 2.29. The highest BCUT2D eigenvalue weighted by atomic mass is 32.2. The highest BCUT2D eigenvalue weighted by molar-refractivity contribution is 7.99. The van der Waals surface area contributed by atoms with Gasteiger partial charge >= 0.3 is 0 Å². The van der Waals surface area contributed by atoms with Crippen molar-refractivity contribution in [1.29, 1.82) is 0 Å². The molecule has 2 aromatic heterocycles. The fourth-order valence-electron chi connectivity index (χ4n) is 1.57. The number of nitrogens with zero attached hydrogens (tertiary/aromatic N) is 4. The molecule has 0 amide bonds. The molecule has 0 unspecified atom stereocenters. The van der Waals surface area contributed by atoms with Crippen molar-refractivity contribution in [3.8, 4) is 0 Å². The van der Waals surface area contributed by atoms with Crippen LogP contribution in [0.5, 0.6) is 0 Å². The Kier molecular flexibility index (Phi) is 4.57. The van der Waals surface area contributed by atoms with Gasteiger partial charge in [-0.15, -0.1) is 0 Å². The predicted molar refractivity (Wildman–Crippen MR) is 77.0 cm³/mol. The van der Waals surface area contributed by atoms with Crippen LogP contribution in [-0.2, 0) is 7.05 Å². The number of nitrogens with one attached hydrogen (secondary N) is 1. The van der Waals surface area contributed by atoms with E-state index in [0.717, 1.165) is 17.9 Å². The predicted octanol–water partition coefficient (Wildman–Crippen LogP) is 2.70. The normalized spacial score (nSPS) is 10.5. The van der Waals surface area contributed by atoms with Gasteiger partial charge in [-0.2, -0.15) is 5.10 Å². The van der Waals surface area contributed by atoms with Crippen LogP contribution in [0.1, 0.15) is 13.3 Å². The quantitative estimate of drug-likeness (QED) is 0.651. The minimum Gasteiger partial charge on any atom is -0.370 e. The lowest BCUT2D eigenvalue weighted by Gasteiger charge is -2.06. The number of rotatable bonds is 6. The minimum atomic E-state index is -0.411. The SMILES string of the molecule is CCCNc1cc([N+](=O)[O-])cc(Sc2cnn(C)c2)n1. The molecule has 7 nitrogen and oxygen atoms in total. The molecule has 20 heavy (non-hydrogen) atoms. The van der Waals surface area contributed by atoms with E-state index in [2.05, 4.69) is 15.4 Å². The van der Waals surface area contributed by atoms with E-state index >= 15 is 0 Å². The molecular formula is C12H15N5O2S. The summed E-state index contributed by atoms with van der Waals surface area (Å²) in [6, 6.07) is 2.91. The lowest BCUT2D eigenvalue weighted by atomic mass is 10.4. The fourth-order valence-corrected chi connectivity index (χ4v) is 2.44. The largest absolute Gasteiger partial charge is 0.370 e. The van der Waals surface area contributed by atoms with Crippen LogP contribution in [0, 0.1) is 10.1 Å². The number of hydrogen-bond acceptors (Lipinski definition) is 6. The maximum Gasteiger partial charge on any atom is 0.275 e. The summed E-state index contributed by atoms with van der Waals surface area (Å²) in [6.07, 6.45) is 4.46. The van der Waals surface area contributed by atoms with Crippen molar-refractivity contribution in [2.45, 2.75) is 23.3 Å². The van der Waals surface area contributed by atoms with Gasteiger partial charge in [0, 0.05) is 25.9 Å². The van der Waals surface area contributed by atoms with Crippen LogP contribution in [0.15, 0.2) is 34.4 Å². The van der Waals surface area contributed by atoms with Gasteiger partial charge in [-0.1, -0.05) is 18.7 Å². The van der Waals surface area contributed by atoms with Gasteiger partial charge < -0.3 is 5.32 Å². The van der Waals surface area contributed by atoms with Crippen molar-refractivity contribution in [1.82, 2.24) is 14.8 Å². The maximum absolute atomic E-state index is 11.0. The summed E-state index contributed by atoms with van der Waals surface area (Å²) in [4.78, 5) is 15.8. The zero-order valence-corrected chi connectivity index (χ0v) is 12.1. The summed E-state index contributed by atoms with van der Waals surface area (Å²) < 4.78 is 1.68. The topological polar surface area (TPSA) is 85.9 Å². The van der Waals surface area contributed by atoms with E-state index in [9.17, 15) is 10.1 Å². The molecule has 0 aliphatic rings. The lowest BCUT2D eigenvalue weighted by molar-refractivity contribution is -0.385. The molecule has 0 saturated heterocycles. The fraction of sp³-hybridized carbons (Fsp3) is 0.333. The molecule has 8 heteroatoms. The van der Waals surface area contributed by atoms with E-state index in [1.165, 1.54) is 23.9 Å². The molecule has 0 aromatic carbocycles. The van der Waals surface area contributed by atoms with Crippen LogP contribution in [0.3, 0.4) is 0 Å². The third-order valence-corrected chi connectivity index (χ3v) is 3.32. The summed E-state index contributed by atoms with van der Waals surface area (Å²) >= 11 is 1.35. The number of nitro groups is 1. The number of aromatic nitrogens is 3. The Morgan fingerprint density at radius 1 is 1.50 bits per heavy atom. The first-order chi connectivity index (χ1) is 9.58. The molecule has 0 fully saturated rings. The Balaban J connectivity index is 2.26. The number of aryl methyl sites for hydroxylation is 1. The van der Waals surface area contributed by atoms with Gasteiger partial charge in [0.15, 0.2) is 0 Å². The third-order valence-electron chi connectivity index (χ3n) is 2.46. The maximum atomic E-state index is 11.0. The van der Waals surface area contributed by atoms with E-state index < -0.39 is 4.92 Å². The second-order valence-electron chi connectivity index (χ2n) is 4.18. The molecule has 2 heterocycles. The Morgan fingerprint density at radius 3 is 2.90 bits per heavy atom. The Hall–Kier alpha value is -2.09.